The van der Waals surface area contributed by atoms with Crippen molar-refractivity contribution >= 4 is 5.91 Å². The molecule has 0 aliphatic carbocycles. The molecule has 0 aliphatic heterocycles. The second kappa shape index (κ2) is 8.49. The van der Waals surface area contributed by atoms with Crippen LogP contribution in [0.25, 0.3) is 11.5 Å². The first-order valence-corrected chi connectivity index (χ1v) is 8.67. The predicted octanol–water partition coefficient (Wildman–Crippen LogP) is 3.70. The summed E-state index contributed by atoms with van der Waals surface area (Å²) >= 11 is 0. The lowest BCUT2D eigenvalue weighted by atomic mass is 10.1. The smallest absolute Gasteiger partial charge is 0.226 e. The van der Waals surface area contributed by atoms with E-state index >= 15 is 0 Å². The maximum atomic E-state index is 12.9. The fourth-order valence-electron chi connectivity index (χ4n) is 2.69. The number of hydrogen-bond acceptors (Lipinski definition) is 4. The van der Waals surface area contributed by atoms with E-state index in [2.05, 4.69) is 10.3 Å². The Morgan fingerprint density at radius 1 is 1.15 bits per heavy atom. The van der Waals surface area contributed by atoms with Crippen LogP contribution in [0.5, 0.6) is 5.75 Å². The molecule has 0 fully saturated rings. The molecule has 0 saturated carbocycles. The Hall–Kier alpha value is -3.15. The highest BCUT2D eigenvalue weighted by Crippen LogP contribution is 2.24. The van der Waals surface area contributed by atoms with Gasteiger partial charge in [-0.2, -0.15) is 0 Å². The van der Waals surface area contributed by atoms with Gasteiger partial charge in [0.15, 0.2) is 0 Å². The summed E-state index contributed by atoms with van der Waals surface area (Å²) in [5, 5.41) is 2.85. The Kier molecular flexibility index (Phi) is 5.86. The summed E-state index contributed by atoms with van der Waals surface area (Å²) in [4.78, 5) is 16.5. The number of carbonyl (C=O) groups excluding carboxylic acids is 1. The molecule has 140 valence electrons. The Morgan fingerprint density at radius 2 is 1.85 bits per heavy atom. The number of hydrogen-bond donors (Lipinski definition) is 1. The number of halogens is 1. The number of aromatic nitrogens is 1. The first kappa shape index (κ1) is 18.6. The predicted molar refractivity (Wildman–Crippen MR) is 100 cm³/mol. The van der Waals surface area contributed by atoms with Crippen LogP contribution in [0, 0.1) is 12.7 Å². The normalized spacial score (nSPS) is 10.6. The van der Waals surface area contributed by atoms with Gasteiger partial charge in [0.2, 0.25) is 11.8 Å². The van der Waals surface area contributed by atoms with Gasteiger partial charge in [-0.1, -0.05) is 12.1 Å². The molecule has 1 heterocycles. The standard InChI is InChI=1S/C21H21FN2O3/c1-14-19(24-21(27-14)16-5-9-18(26-2)10-6-16)11-12-23-20(25)13-15-3-7-17(22)8-4-15/h3-10H,11-13H2,1-2H3,(H,23,25). The van der Waals surface area contributed by atoms with Crippen molar-refractivity contribution in [2.45, 2.75) is 19.8 Å². The van der Waals surface area contributed by atoms with Crippen molar-refractivity contribution in [3.8, 4) is 17.2 Å². The molecule has 0 atom stereocenters. The third-order valence-electron chi connectivity index (χ3n) is 4.19. The molecule has 0 bridgehead atoms. The van der Waals surface area contributed by atoms with Gasteiger partial charge in [-0.05, 0) is 48.9 Å². The van der Waals surface area contributed by atoms with Crippen molar-refractivity contribution in [3.63, 3.8) is 0 Å². The molecule has 1 N–H and O–H groups in total. The minimum Gasteiger partial charge on any atom is -0.497 e. The first-order valence-electron chi connectivity index (χ1n) is 8.67. The number of aryl methyl sites for hydroxylation is 1. The van der Waals surface area contributed by atoms with Crippen molar-refractivity contribution in [2.24, 2.45) is 0 Å². The lowest BCUT2D eigenvalue weighted by Crippen LogP contribution is -2.27. The average Bonchev–Trinajstić information content (AvgIpc) is 3.04. The van der Waals surface area contributed by atoms with E-state index in [0.29, 0.717) is 18.9 Å². The van der Waals surface area contributed by atoms with Gasteiger partial charge in [0.05, 0.1) is 19.2 Å². The zero-order chi connectivity index (χ0) is 19.2. The number of benzene rings is 2. The van der Waals surface area contributed by atoms with Gasteiger partial charge < -0.3 is 14.5 Å². The fraction of sp³-hybridized carbons (Fsp3) is 0.238. The van der Waals surface area contributed by atoms with Crippen LogP contribution in [-0.4, -0.2) is 24.5 Å². The molecule has 0 aliphatic rings. The molecule has 1 aromatic heterocycles. The summed E-state index contributed by atoms with van der Waals surface area (Å²) < 4.78 is 23.8. The molecule has 3 aromatic rings. The van der Waals surface area contributed by atoms with Crippen molar-refractivity contribution in [1.29, 1.82) is 0 Å². The largest absolute Gasteiger partial charge is 0.497 e. The van der Waals surface area contributed by atoms with Gasteiger partial charge in [-0.25, -0.2) is 9.37 Å². The van der Waals surface area contributed by atoms with Crippen LogP contribution in [-0.2, 0) is 17.6 Å². The Balaban J connectivity index is 1.54. The fourth-order valence-corrected chi connectivity index (χ4v) is 2.69. The SMILES string of the molecule is COc1ccc(-c2nc(CCNC(=O)Cc3ccc(F)cc3)c(C)o2)cc1. The maximum Gasteiger partial charge on any atom is 0.226 e. The number of nitrogens with zero attached hydrogens (tertiary/aromatic N) is 1. The summed E-state index contributed by atoms with van der Waals surface area (Å²) in [7, 11) is 1.62. The minimum absolute atomic E-state index is 0.113. The maximum absolute atomic E-state index is 12.9. The van der Waals surface area contributed by atoms with Crippen molar-refractivity contribution in [2.75, 3.05) is 13.7 Å². The van der Waals surface area contributed by atoms with E-state index in [1.165, 1.54) is 12.1 Å². The van der Waals surface area contributed by atoms with E-state index < -0.39 is 0 Å². The summed E-state index contributed by atoms with van der Waals surface area (Å²) in [5.41, 5.74) is 2.45. The third kappa shape index (κ3) is 4.94. The van der Waals surface area contributed by atoms with Crippen LogP contribution in [0.4, 0.5) is 4.39 Å². The number of rotatable bonds is 7. The molecule has 1 amide bonds. The Labute approximate surface area is 157 Å². The molecule has 0 radical (unpaired) electrons. The average molecular weight is 368 g/mol. The summed E-state index contributed by atoms with van der Waals surface area (Å²) in [5.74, 6) is 1.62. The second-order valence-corrected chi connectivity index (χ2v) is 6.15. The van der Waals surface area contributed by atoms with Crippen LogP contribution < -0.4 is 10.1 Å². The van der Waals surface area contributed by atoms with Gasteiger partial charge in [-0.3, -0.25) is 4.79 Å². The van der Waals surface area contributed by atoms with Crippen LogP contribution in [0.3, 0.4) is 0 Å². The van der Waals surface area contributed by atoms with E-state index in [1.54, 1.807) is 19.2 Å². The zero-order valence-corrected chi connectivity index (χ0v) is 15.3. The molecule has 0 saturated heterocycles. The topological polar surface area (TPSA) is 64.4 Å². The van der Waals surface area contributed by atoms with Crippen molar-refractivity contribution < 1.29 is 18.3 Å². The van der Waals surface area contributed by atoms with Crippen LogP contribution in [0.1, 0.15) is 17.0 Å². The number of carbonyl (C=O) groups is 1. The number of methoxy groups -OCH3 is 1. The first-order chi connectivity index (χ1) is 13.0. The van der Waals surface area contributed by atoms with E-state index in [1.807, 2.05) is 31.2 Å². The highest BCUT2D eigenvalue weighted by Gasteiger charge is 2.12. The highest BCUT2D eigenvalue weighted by molar-refractivity contribution is 5.78. The van der Waals surface area contributed by atoms with E-state index in [9.17, 15) is 9.18 Å². The minimum atomic E-state index is -0.312. The lowest BCUT2D eigenvalue weighted by Gasteiger charge is -2.04. The molecule has 27 heavy (non-hydrogen) atoms. The molecule has 2 aromatic carbocycles. The van der Waals surface area contributed by atoms with Crippen LogP contribution >= 0.6 is 0 Å². The lowest BCUT2D eigenvalue weighted by molar-refractivity contribution is -0.120. The van der Waals surface area contributed by atoms with Crippen molar-refractivity contribution in [1.82, 2.24) is 10.3 Å². The second-order valence-electron chi connectivity index (χ2n) is 6.15. The molecular weight excluding hydrogens is 347 g/mol. The van der Waals surface area contributed by atoms with Gasteiger partial charge in [0.1, 0.15) is 17.3 Å². The van der Waals surface area contributed by atoms with Crippen LogP contribution in [0.15, 0.2) is 52.9 Å². The van der Waals surface area contributed by atoms with Gasteiger partial charge >= 0.3 is 0 Å². The highest BCUT2D eigenvalue weighted by atomic mass is 19.1. The molecule has 0 spiro atoms. The quantitative estimate of drug-likeness (QED) is 0.691. The number of nitrogens with one attached hydrogen (secondary N) is 1. The molecular formula is C21H21FN2O3. The molecule has 0 unspecified atom stereocenters. The number of amides is 1. The molecule has 3 rings (SSSR count). The molecule has 5 nitrogen and oxygen atoms in total. The van der Waals surface area contributed by atoms with Crippen molar-refractivity contribution in [3.05, 3.63) is 71.4 Å². The number of oxazole rings is 1. The van der Waals surface area contributed by atoms with E-state index in [-0.39, 0.29) is 18.1 Å². The van der Waals surface area contributed by atoms with E-state index in [0.717, 1.165) is 28.3 Å². The Morgan fingerprint density at radius 3 is 2.52 bits per heavy atom. The third-order valence-corrected chi connectivity index (χ3v) is 4.19. The summed E-state index contributed by atoms with van der Waals surface area (Å²) in [6, 6.07) is 13.4. The van der Waals surface area contributed by atoms with E-state index in [4.69, 9.17) is 9.15 Å². The van der Waals surface area contributed by atoms with Gasteiger partial charge in [0.25, 0.3) is 0 Å². The van der Waals surface area contributed by atoms with Gasteiger partial charge in [0, 0.05) is 18.5 Å². The summed E-state index contributed by atoms with van der Waals surface area (Å²) in [6.45, 7) is 2.31. The summed E-state index contributed by atoms with van der Waals surface area (Å²) in [6.07, 6.45) is 0.788. The zero-order valence-electron chi connectivity index (χ0n) is 15.3. The van der Waals surface area contributed by atoms with Crippen LogP contribution in [0.2, 0.25) is 0 Å². The number of ether oxygens (including phenoxy) is 1. The Bertz CT molecular complexity index is 902. The van der Waals surface area contributed by atoms with Gasteiger partial charge in [-0.15, -0.1) is 0 Å². The monoisotopic (exact) mass is 368 g/mol. The molecule has 6 heteroatoms.